The summed E-state index contributed by atoms with van der Waals surface area (Å²) >= 11 is 1.66. The minimum atomic E-state index is 0.137. The van der Waals surface area contributed by atoms with Gasteiger partial charge in [-0.15, -0.1) is 10.2 Å². The van der Waals surface area contributed by atoms with Crippen molar-refractivity contribution in [2.24, 2.45) is 7.05 Å². The molecule has 5 heteroatoms. The molecule has 0 bridgehead atoms. The molecule has 0 spiro atoms. The van der Waals surface area contributed by atoms with Crippen LogP contribution in [0.2, 0.25) is 0 Å². The molecule has 1 N–H and O–H groups in total. The average molecular weight is 240 g/mol. The van der Waals surface area contributed by atoms with Crippen molar-refractivity contribution in [3.63, 3.8) is 0 Å². The monoisotopic (exact) mass is 240 g/mol. The maximum absolute atomic E-state index is 4.05. The van der Waals surface area contributed by atoms with E-state index in [2.05, 4.69) is 42.9 Å². The van der Waals surface area contributed by atoms with Gasteiger partial charge in [0.25, 0.3) is 0 Å². The molecule has 0 radical (unpaired) electrons. The van der Waals surface area contributed by atoms with Gasteiger partial charge in [0.2, 0.25) is 0 Å². The van der Waals surface area contributed by atoms with Gasteiger partial charge < -0.3 is 9.88 Å². The van der Waals surface area contributed by atoms with E-state index in [1.54, 1.807) is 18.1 Å². The molecule has 0 saturated carbocycles. The lowest BCUT2D eigenvalue weighted by Gasteiger charge is -2.21. The second-order valence-electron chi connectivity index (χ2n) is 4.87. The summed E-state index contributed by atoms with van der Waals surface area (Å²) in [5, 5.41) is 12.2. The summed E-state index contributed by atoms with van der Waals surface area (Å²) in [4.78, 5) is 0. The number of aromatic nitrogens is 3. The van der Waals surface area contributed by atoms with Crippen molar-refractivity contribution in [2.75, 3.05) is 12.3 Å². The number of hydrogen-bond acceptors (Lipinski definition) is 4. The lowest BCUT2D eigenvalue weighted by molar-refractivity contribution is 0.445. The van der Waals surface area contributed by atoms with Crippen LogP contribution in [-0.4, -0.2) is 32.6 Å². The van der Waals surface area contributed by atoms with Crippen molar-refractivity contribution in [1.29, 1.82) is 0 Å². The fourth-order valence-corrected chi connectivity index (χ4v) is 1.80. The van der Waals surface area contributed by atoms with Crippen LogP contribution < -0.4 is 5.32 Å². The molecule has 0 aliphatic rings. The summed E-state index contributed by atoms with van der Waals surface area (Å²) in [5.74, 6) is 0.871. The van der Waals surface area contributed by atoms with E-state index in [9.17, 15) is 0 Å². The van der Waals surface area contributed by atoms with Crippen LogP contribution in [0.3, 0.4) is 0 Å². The van der Waals surface area contributed by atoms with Gasteiger partial charge in [-0.1, -0.05) is 23.9 Å². The standard InChI is InChI=1S/C11H20N4S/c1-9(6-12-11(2,3)4)7-16-10-14-13-8-15(10)5/h8,12H,1,6-7H2,2-5H3. The highest BCUT2D eigenvalue weighted by Crippen LogP contribution is 2.16. The van der Waals surface area contributed by atoms with Crippen molar-refractivity contribution >= 4 is 11.8 Å². The molecule has 1 heterocycles. The van der Waals surface area contributed by atoms with Gasteiger partial charge in [-0.25, -0.2) is 0 Å². The molecule has 1 aromatic rings. The maximum Gasteiger partial charge on any atom is 0.191 e. The summed E-state index contributed by atoms with van der Waals surface area (Å²) in [7, 11) is 1.94. The highest BCUT2D eigenvalue weighted by molar-refractivity contribution is 7.99. The summed E-state index contributed by atoms with van der Waals surface area (Å²) in [6.07, 6.45) is 1.71. The van der Waals surface area contributed by atoms with Crippen LogP contribution in [0.15, 0.2) is 23.6 Å². The largest absolute Gasteiger partial charge is 0.312 e. The van der Waals surface area contributed by atoms with E-state index in [-0.39, 0.29) is 5.54 Å². The third kappa shape index (κ3) is 4.81. The number of nitrogens with zero attached hydrogens (tertiary/aromatic N) is 3. The Kier molecular flexibility index (Phi) is 4.56. The molecular formula is C11H20N4S. The predicted octanol–water partition coefficient (Wildman–Crippen LogP) is 1.85. The molecule has 0 aromatic carbocycles. The number of rotatable bonds is 5. The second-order valence-corrected chi connectivity index (χ2v) is 5.81. The molecule has 4 nitrogen and oxygen atoms in total. The Labute approximate surface area is 102 Å². The highest BCUT2D eigenvalue weighted by Gasteiger charge is 2.09. The average Bonchev–Trinajstić information content (AvgIpc) is 2.57. The molecule has 0 amide bonds. The maximum atomic E-state index is 4.05. The second kappa shape index (κ2) is 5.50. The Morgan fingerprint density at radius 1 is 1.56 bits per heavy atom. The van der Waals surface area contributed by atoms with Gasteiger partial charge >= 0.3 is 0 Å². The predicted molar refractivity (Wildman–Crippen MR) is 68.6 cm³/mol. The Morgan fingerprint density at radius 2 is 2.25 bits per heavy atom. The fourth-order valence-electron chi connectivity index (χ4n) is 1.01. The first-order chi connectivity index (χ1) is 7.38. The Hall–Kier alpha value is -0.810. The smallest absolute Gasteiger partial charge is 0.191 e. The van der Waals surface area contributed by atoms with E-state index in [1.807, 2.05) is 11.6 Å². The summed E-state index contributed by atoms with van der Waals surface area (Å²) < 4.78 is 1.91. The van der Waals surface area contributed by atoms with E-state index >= 15 is 0 Å². The summed E-state index contributed by atoms with van der Waals surface area (Å²) in [6.45, 7) is 11.3. The SMILES string of the molecule is C=C(CNC(C)(C)C)CSc1nncn1C. The third-order valence-corrected chi connectivity index (χ3v) is 3.12. The molecule has 0 atom stereocenters. The van der Waals surface area contributed by atoms with Gasteiger partial charge in [0.1, 0.15) is 6.33 Å². The van der Waals surface area contributed by atoms with Crippen LogP contribution >= 0.6 is 11.8 Å². The van der Waals surface area contributed by atoms with Gasteiger partial charge in [0.05, 0.1) is 0 Å². The minimum Gasteiger partial charge on any atom is -0.312 e. The van der Waals surface area contributed by atoms with E-state index in [1.165, 1.54) is 5.57 Å². The van der Waals surface area contributed by atoms with Crippen LogP contribution in [0.1, 0.15) is 20.8 Å². The van der Waals surface area contributed by atoms with Crippen LogP contribution in [0, 0.1) is 0 Å². The van der Waals surface area contributed by atoms with Crippen molar-refractivity contribution < 1.29 is 0 Å². The zero-order chi connectivity index (χ0) is 12.2. The lowest BCUT2D eigenvalue weighted by Crippen LogP contribution is -2.37. The highest BCUT2D eigenvalue weighted by atomic mass is 32.2. The van der Waals surface area contributed by atoms with Gasteiger partial charge in [-0.3, -0.25) is 0 Å². The molecule has 1 rings (SSSR count). The lowest BCUT2D eigenvalue weighted by atomic mass is 10.1. The molecule has 90 valence electrons. The quantitative estimate of drug-likeness (QED) is 0.630. The van der Waals surface area contributed by atoms with Gasteiger partial charge in [-0.2, -0.15) is 0 Å². The van der Waals surface area contributed by atoms with Crippen LogP contribution in [-0.2, 0) is 7.05 Å². The van der Waals surface area contributed by atoms with Gasteiger partial charge in [0, 0.05) is 24.9 Å². The van der Waals surface area contributed by atoms with E-state index in [4.69, 9.17) is 0 Å². The molecule has 0 saturated heterocycles. The normalized spacial score (nSPS) is 11.8. The third-order valence-electron chi connectivity index (χ3n) is 1.94. The molecular weight excluding hydrogens is 220 g/mol. The molecule has 16 heavy (non-hydrogen) atoms. The zero-order valence-corrected chi connectivity index (χ0v) is 11.3. The summed E-state index contributed by atoms with van der Waals surface area (Å²) in [5.41, 5.74) is 1.31. The molecule has 0 aliphatic heterocycles. The van der Waals surface area contributed by atoms with Gasteiger partial charge in [0.15, 0.2) is 5.16 Å². The summed E-state index contributed by atoms with van der Waals surface area (Å²) in [6, 6.07) is 0. The van der Waals surface area contributed by atoms with Crippen LogP contribution in [0.4, 0.5) is 0 Å². The number of hydrogen-bond donors (Lipinski definition) is 1. The Balaban J connectivity index is 2.29. The molecule has 0 aliphatic carbocycles. The van der Waals surface area contributed by atoms with E-state index < -0.39 is 0 Å². The Bertz CT molecular complexity index is 351. The zero-order valence-electron chi connectivity index (χ0n) is 10.4. The van der Waals surface area contributed by atoms with Crippen molar-refractivity contribution in [3.8, 4) is 0 Å². The fraction of sp³-hybridized carbons (Fsp3) is 0.636. The first-order valence-corrected chi connectivity index (χ1v) is 6.25. The molecule has 0 unspecified atom stereocenters. The van der Waals surface area contributed by atoms with Crippen LogP contribution in [0.25, 0.3) is 0 Å². The molecule has 1 aromatic heterocycles. The van der Waals surface area contributed by atoms with Crippen molar-refractivity contribution in [1.82, 2.24) is 20.1 Å². The van der Waals surface area contributed by atoms with E-state index in [0.717, 1.165) is 17.5 Å². The van der Waals surface area contributed by atoms with Gasteiger partial charge in [-0.05, 0) is 20.8 Å². The number of thioether (sulfide) groups is 1. The van der Waals surface area contributed by atoms with Crippen LogP contribution in [0.5, 0.6) is 0 Å². The van der Waals surface area contributed by atoms with E-state index in [0.29, 0.717) is 0 Å². The number of nitrogens with one attached hydrogen (secondary N) is 1. The first kappa shape index (κ1) is 13.3. The topological polar surface area (TPSA) is 42.7 Å². The van der Waals surface area contributed by atoms with Crippen molar-refractivity contribution in [3.05, 3.63) is 18.5 Å². The number of aryl methyl sites for hydroxylation is 1. The van der Waals surface area contributed by atoms with Crippen molar-refractivity contribution in [2.45, 2.75) is 31.5 Å². The first-order valence-electron chi connectivity index (χ1n) is 5.27. The minimum absolute atomic E-state index is 0.137. The molecule has 0 fully saturated rings. The Morgan fingerprint density at radius 3 is 2.75 bits per heavy atom.